The molecule has 0 N–H and O–H groups in total. The van der Waals surface area contributed by atoms with Crippen LogP contribution in [0.4, 0.5) is 28.4 Å². The first kappa shape index (κ1) is 34.8. The SMILES string of the molecule is c1ccc(C(c2ccccc2)N(c2ccc(-c3ccc4c5ccccc5n(-c5ccccc5)c4c3)cc2)c2ccc(N(c3ccccc3)c3ccccc3)cc2)cc1. The van der Waals surface area contributed by atoms with Crippen molar-refractivity contribution in [1.29, 1.82) is 0 Å². The van der Waals surface area contributed by atoms with Gasteiger partial charge in [-0.15, -0.1) is 0 Å². The summed E-state index contributed by atoms with van der Waals surface area (Å²) in [6.45, 7) is 0. The molecule has 9 aromatic carbocycles. The van der Waals surface area contributed by atoms with Crippen LogP contribution in [0.3, 0.4) is 0 Å². The smallest absolute Gasteiger partial charge is 0.0844 e. The van der Waals surface area contributed by atoms with E-state index in [-0.39, 0.29) is 6.04 Å². The Labute approximate surface area is 339 Å². The van der Waals surface area contributed by atoms with Gasteiger partial charge in [-0.1, -0.05) is 158 Å². The van der Waals surface area contributed by atoms with Crippen molar-refractivity contribution >= 4 is 50.2 Å². The number of nitrogens with zero attached hydrogens (tertiary/aromatic N) is 3. The maximum absolute atomic E-state index is 2.48. The van der Waals surface area contributed by atoms with Gasteiger partial charge in [-0.3, -0.25) is 0 Å². The average Bonchev–Trinajstić information content (AvgIpc) is 3.64. The molecule has 0 atom stereocenters. The molecule has 0 saturated heterocycles. The first-order chi connectivity index (χ1) is 28.8. The minimum absolute atomic E-state index is 0.0728. The minimum atomic E-state index is -0.0728. The third-order valence-corrected chi connectivity index (χ3v) is 11.1. The summed E-state index contributed by atoms with van der Waals surface area (Å²) in [5.41, 5.74) is 13.9. The van der Waals surface area contributed by atoms with Gasteiger partial charge in [0, 0.05) is 44.9 Å². The predicted molar refractivity (Wildman–Crippen MR) is 244 cm³/mol. The van der Waals surface area contributed by atoms with Crippen LogP contribution in [0.25, 0.3) is 38.6 Å². The third kappa shape index (κ3) is 6.59. The molecule has 0 spiro atoms. The van der Waals surface area contributed by atoms with Gasteiger partial charge in [0.05, 0.1) is 17.1 Å². The molecule has 0 unspecified atom stereocenters. The summed E-state index contributed by atoms with van der Waals surface area (Å²) in [6.07, 6.45) is 0. The Bertz CT molecular complexity index is 2830. The van der Waals surface area contributed by atoms with Gasteiger partial charge in [-0.2, -0.15) is 0 Å². The second-order valence-corrected chi connectivity index (χ2v) is 14.6. The lowest BCUT2D eigenvalue weighted by Gasteiger charge is -2.35. The molecule has 3 nitrogen and oxygen atoms in total. The first-order valence-electron chi connectivity index (χ1n) is 19.9. The van der Waals surface area contributed by atoms with Gasteiger partial charge in [-0.05, 0) is 107 Å². The lowest BCUT2D eigenvalue weighted by Crippen LogP contribution is -2.25. The Hall–Kier alpha value is -7.62. The van der Waals surface area contributed by atoms with Gasteiger partial charge in [0.15, 0.2) is 0 Å². The predicted octanol–water partition coefficient (Wildman–Crippen LogP) is 14.8. The van der Waals surface area contributed by atoms with Gasteiger partial charge in [-0.25, -0.2) is 0 Å². The van der Waals surface area contributed by atoms with Gasteiger partial charge in [0.1, 0.15) is 0 Å². The van der Waals surface area contributed by atoms with Crippen LogP contribution in [0, 0.1) is 0 Å². The summed E-state index contributed by atoms with van der Waals surface area (Å²) < 4.78 is 2.38. The van der Waals surface area contributed by atoms with Crippen LogP contribution in [0.2, 0.25) is 0 Å². The van der Waals surface area contributed by atoms with Crippen molar-refractivity contribution in [3.8, 4) is 16.8 Å². The zero-order valence-electron chi connectivity index (χ0n) is 32.0. The lowest BCUT2D eigenvalue weighted by molar-refractivity contribution is 0.820. The molecule has 10 aromatic rings. The minimum Gasteiger partial charge on any atom is -0.330 e. The monoisotopic (exact) mass is 743 g/mol. The number of benzene rings is 9. The first-order valence-corrected chi connectivity index (χ1v) is 19.9. The molecule has 0 aliphatic heterocycles. The van der Waals surface area contributed by atoms with Gasteiger partial charge >= 0.3 is 0 Å². The third-order valence-electron chi connectivity index (χ3n) is 11.1. The summed E-state index contributed by atoms with van der Waals surface area (Å²) in [6, 6.07) is 87.1. The van der Waals surface area contributed by atoms with Crippen molar-refractivity contribution in [1.82, 2.24) is 4.57 Å². The van der Waals surface area contributed by atoms with Gasteiger partial charge in [0.25, 0.3) is 0 Å². The highest BCUT2D eigenvalue weighted by molar-refractivity contribution is 6.10. The molecule has 1 heterocycles. The summed E-state index contributed by atoms with van der Waals surface area (Å²) >= 11 is 0. The molecule has 276 valence electrons. The summed E-state index contributed by atoms with van der Waals surface area (Å²) in [7, 11) is 0. The molecule has 10 rings (SSSR count). The van der Waals surface area contributed by atoms with E-state index in [1.165, 1.54) is 44.1 Å². The van der Waals surface area contributed by atoms with E-state index < -0.39 is 0 Å². The molecule has 0 saturated carbocycles. The van der Waals surface area contributed by atoms with Crippen LogP contribution in [0.5, 0.6) is 0 Å². The van der Waals surface area contributed by atoms with E-state index in [0.29, 0.717) is 0 Å². The maximum Gasteiger partial charge on any atom is 0.0844 e. The molecule has 1 aromatic heterocycles. The molecule has 0 fully saturated rings. The number of aromatic nitrogens is 1. The number of rotatable bonds is 10. The van der Waals surface area contributed by atoms with Crippen LogP contribution in [-0.4, -0.2) is 4.57 Å². The number of hydrogen-bond acceptors (Lipinski definition) is 2. The Balaban J connectivity index is 1.09. The van der Waals surface area contributed by atoms with E-state index in [0.717, 1.165) is 34.1 Å². The number of anilines is 5. The van der Waals surface area contributed by atoms with E-state index in [1.54, 1.807) is 0 Å². The van der Waals surface area contributed by atoms with Crippen molar-refractivity contribution in [2.24, 2.45) is 0 Å². The molecular formula is C55H41N3. The molecule has 3 heteroatoms. The second-order valence-electron chi connectivity index (χ2n) is 14.6. The standard InChI is InChI=1S/C55H41N3/c1-6-18-42(19-7-1)55(43-20-8-2-9-21-43)57(50-37-35-48(36-38-50)56(45-22-10-3-11-23-45)46-24-12-4-13-25-46)49-33-30-41(31-34-49)44-32-39-52-51-28-16-17-29-53(51)58(54(52)40-44)47-26-14-5-15-27-47/h1-40,55H. The Morgan fingerprint density at radius 3 is 1.29 bits per heavy atom. The Morgan fingerprint density at radius 2 is 0.724 bits per heavy atom. The molecule has 0 radical (unpaired) electrons. The quantitative estimate of drug-likeness (QED) is 0.138. The highest BCUT2D eigenvalue weighted by atomic mass is 15.2. The van der Waals surface area contributed by atoms with Crippen LogP contribution < -0.4 is 9.80 Å². The maximum atomic E-state index is 2.48. The van der Waals surface area contributed by atoms with Crippen molar-refractivity contribution in [3.05, 3.63) is 254 Å². The number of fused-ring (bicyclic) bond motifs is 3. The van der Waals surface area contributed by atoms with Crippen LogP contribution >= 0.6 is 0 Å². The largest absolute Gasteiger partial charge is 0.330 e. The summed E-state index contributed by atoms with van der Waals surface area (Å²) in [5, 5.41) is 2.51. The van der Waals surface area contributed by atoms with Crippen LogP contribution in [0.1, 0.15) is 17.2 Å². The van der Waals surface area contributed by atoms with Gasteiger partial charge in [0.2, 0.25) is 0 Å². The number of hydrogen-bond donors (Lipinski definition) is 0. The topological polar surface area (TPSA) is 11.4 Å². The fourth-order valence-corrected chi connectivity index (χ4v) is 8.39. The molecule has 0 amide bonds. The molecule has 0 aliphatic carbocycles. The molecule has 0 aliphatic rings. The molecule has 58 heavy (non-hydrogen) atoms. The summed E-state index contributed by atoms with van der Waals surface area (Å²) in [5.74, 6) is 0. The van der Waals surface area contributed by atoms with Gasteiger partial charge < -0.3 is 14.4 Å². The van der Waals surface area contributed by atoms with Crippen molar-refractivity contribution in [2.45, 2.75) is 6.04 Å². The van der Waals surface area contributed by atoms with E-state index >= 15 is 0 Å². The second kappa shape index (κ2) is 15.5. The van der Waals surface area contributed by atoms with Crippen molar-refractivity contribution in [3.63, 3.8) is 0 Å². The summed E-state index contributed by atoms with van der Waals surface area (Å²) in [4.78, 5) is 4.78. The van der Waals surface area contributed by atoms with Crippen molar-refractivity contribution < 1.29 is 0 Å². The van der Waals surface area contributed by atoms with E-state index in [9.17, 15) is 0 Å². The fraction of sp³-hybridized carbons (Fsp3) is 0.0182. The fourth-order valence-electron chi connectivity index (χ4n) is 8.39. The van der Waals surface area contributed by atoms with Crippen molar-refractivity contribution in [2.75, 3.05) is 9.80 Å². The zero-order valence-corrected chi connectivity index (χ0v) is 32.0. The van der Waals surface area contributed by atoms with Crippen LogP contribution in [-0.2, 0) is 0 Å². The van der Waals surface area contributed by atoms with E-state index in [4.69, 9.17) is 0 Å². The number of para-hydroxylation sites is 4. The van der Waals surface area contributed by atoms with Crippen LogP contribution in [0.15, 0.2) is 243 Å². The lowest BCUT2D eigenvalue weighted by atomic mass is 9.95. The Kier molecular flexibility index (Phi) is 9.30. The zero-order chi connectivity index (χ0) is 38.7. The van der Waals surface area contributed by atoms with E-state index in [2.05, 4.69) is 257 Å². The molecule has 0 bridgehead atoms. The highest BCUT2D eigenvalue weighted by Crippen LogP contribution is 2.43. The normalized spacial score (nSPS) is 11.3. The molecular weight excluding hydrogens is 703 g/mol. The average molecular weight is 744 g/mol. The highest BCUT2D eigenvalue weighted by Gasteiger charge is 2.25. The Morgan fingerprint density at radius 1 is 0.310 bits per heavy atom. The van der Waals surface area contributed by atoms with E-state index in [1.807, 2.05) is 0 Å².